The average molecular weight is 323 g/mol. The summed E-state index contributed by atoms with van der Waals surface area (Å²) in [5, 5.41) is 3.44. The fourth-order valence-electron chi connectivity index (χ4n) is 2.47. The number of halogens is 1. The van der Waals surface area contributed by atoms with Crippen molar-refractivity contribution in [3.63, 3.8) is 0 Å². The maximum absolute atomic E-state index is 14.1. The highest BCUT2D eigenvalue weighted by molar-refractivity contribution is 7.21. The molecule has 2 aromatic rings. The number of hydrogen-bond acceptors (Lipinski definition) is 3. The van der Waals surface area contributed by atoms with E-state index >= 15 is 0 Å². The van der Waals surface area contributed by atoms with E-state index in [4.69, 9.17) is 4.74 Å². The maximum atomic E-state index is 14.1. The number of ether oxygens (including phenoxy) is 1. The quantitative estimate of drug-likeness (QED) is 0.727. The molecule has 1 amide bonds. The molecule has 22 heavy (non-hydrogen) atoms. The van der Waals surface area contributed by atoms with Gasteiger partial charge >= 0.3 is 0 Å². The molecule has 0 saturated carbocycles. The van der Waals surface area contributed by atoms with E-state index in [0.717, 1.165) is 17.5 Å². The van der Waals surface area contributed by atoms with Crippen molar-refractivity contribution in [1.29, 1.82) is 0 Å². The highest BCUT2D eigenvalue weighted by atomic mass is 32.1. The fraction of sp³-hybridized carbons (Fsp3) is 0.471. The van der Waals surface area contributed by atoms with Gasteiger partial charge < -0.3 is 10.1 Å². The Bertz CT molecular complexity index is 639. The van der Waals surface area contributed by atoms with E-state index in [9.17, 15) is 9.18 Å². The number of benzene rings is 1. The molecule has 0 saturated heterocycles. The Morgan fingerprint density at radius 2 is 2.14 bits per heavy atom. The van der Waals surface area contributed by atoms with Crippen LogP contribution >= 0.6 is 11.3 Å². The smallest absolute Gasteiger partial charge is 0.261 e. The Morgan fingerprint density at radius 1 is 1.32 bits per heavy atom. The number of amides is 1. The lowest BCUT2D eigenvalue weighted by atomic mass is 10.1. The molecule has 3 nitrogen and oxygen atoms in total. The summed E-state index contributed by atoms with van der Waals surface area (Å²) in [6, 6.07) is 4.91. The lowest BCUT2D eigenvalue weighted by molar-refractivity contribution is 0.0953. The van der Waals surface area contributed by atoms with Crippen LogP contribution in [0.2, 0.25) is 0 Å². The van der Waals surface area contributed by atoms with Crippen molar-refractivity contribution in [2.45, 2.75) is 39.2 Å². The summed E-state index contributed by atoms with van der Waals surface area (Å²) in [4.78, 5) is 12.9. The van der Waals surface area contributed by atoms with E-state index in [2.05, 4.69) is 12.2 Å². The highest BCUT2D eigenvalue weighted by Crippen LogP contribution is 2.33. The zero-order valence-corrected chi connectivity index (χ0v) is 13.9. The molecule has 0 aliphatic rings. The van der Waals surface area contributed by atoms with E-state index in [0.29, 0.717) is 22.4 Å². The van der Waals surface area contributed by atoms with Gasteiger partial charge in [0.2, 0.25) is 0 Å². The molecule has 0 spiro atoms. The predicted molar refractivity (Wildman–Crippen MR) is 89.0 cm³/mol. The third-order valence-corrected chi connectivity index (χ3v) is 4.77. The van der Waals surface area contributed by atoms with Gasteiger partial charge in [-0.25, -0.2) is 4.39 Å². The Labute approximate surface area is 134 Å². The molecular weight excluding hydrogens is 301 g/mol. The second-order valence-electron chi connectivity index (χ2n) is 5.27. The summed E-state index contributed by atoms with van der Waals surface area (Å²) >= 11 is 1.32. The molecule has 1 aromatic heterocycles. The predicted octanol–water partition coefficient (Wildman–Crippen LogP) is 4.50. The minimum absolute atomic E-state index is 0.135. The first kappa shape index (κ1) is 16.9. The number of carbonyl (C=O) groups excluding carboxylic acids is 1. The van der Waals surface area contributed by atoms with Gasteiger partial charge in [-0.05, 0) is 18.6 Å². The van der Waals surface area contributed by atoms with Gasteiger partial charge in [0.15, 0.2) is 0 Å². The first-order chi connectivity index (χ1) is 10.7. The Kier molecular flexibility index (Phi) is 6.34. The van der Waals surface area contributed by atoms with Crippen LogP contribution < -0.4 is 5.32 Å². The summed E-state index contributed by atoms with van der Waals surface area (Å²) in [6.07, 6.45) is 4.43. The molecule has 2 rings (SSSR count). The zero-order chi connectivity index (χ0) is 15.9. The van der Waals surface area contributed by atoms with Crippen molar-refractivity contribution in [3.8, 4) is 0 Å². The van der Waals surface area contributed by atoms with Crippen molar-refractivity contribution in [1.82, 2.24) is 5.32 Å². The lowest BCUT2D eigenvalue weighted by Gasteiger charge is -2.06. The van der Waals surface area contributed by atoms with E-state index in [1.807, 2.05) is 6.07 Å². The Balaban J connectivity index is 2.17. The first-order valence-corrected chi connectivity index (χ1v) is 8.47. The van der Waals surface area contributed by atoms with Crippen LogP contribution in [0.15, 0.2) is 18.2 Å². The average Bonchev–Trinajstić information content (AvgIpc) is 2.87. The van der Waals surface area contributed by atoms with Crippen LogP contribution in [0.3, 0.4) is 0 Å². The fourth-order valence-corrected chi connectivity index (χ4v) is 3.61. The van der Waals surface area contributed by atoms with Gasteiger partial charge in [0.25, 0.3) is 5.91 Å². The topological polar surface area (TPSA) is 38.3 Å². The van der Waals surface area contributed by atoms with Crippen LogP contribution in [0.4, 0.5) is 4.39 Å². The van der Waals surface area contributed by atoms with Gasteiger partial charge in [0.05, 0.1) is 11.5 Å². The number of unbranched alkanes of at least 4 members (excludes halogenated alkanes) is 3. The van der Waals surface area contributed by atoms with Crippen molar-refractivity contribution in [2.24, 2.45) is 0 Å². The zero-order valence-electron chi connectivity index (χ0n) is 13.1. The molecule has 0 aliphatic heterocycles. The van der Waals surface area contributed by atoms with Crippen LogP contribution in [0.25, 0.3) is 10.1 Å². The maximum Gasteiger partial charge on any atom is 0.261 e. The molecule has 0 unspecified atom stereocenters. The number of methoxy groups -OCH3 is 1. The van der Waals surface area contributed by atoms with Crippen LogP contribution in [-0.2, 0) is 11.3 Å². The van der Waals surface area contributed by atoms with Crippen molar-refractivity contribution >= 4 is 27.3 Å². The molecule has 5 heteroatoms. The summed E-state index contributed by atoms with van der Waals surface area (Å²) in [5.74, 6) is -0.438. The number of thiophene rings is 1. The van der Waals surface area contributed by atoms with Gasteiger partial charge in [-0.1, -0.05) is 32.3 Å². The third kappa shape index (κ3) is 3.84. The summed E-state index contributed by atoms with van der Waals surface area (Å²) in [7, 11) is 1.55. The van der Waals surface area contributed by atoms with Crippen LogP contribution in [0.1, 0.15) is 47.8 Å². The van der Waals surface area contributed by atoms with Crippen molar-refractivity contribution in [3.05, 3.63) is 34.5 Å². The summed E-state index contributed by atoms with van der Waals surface area (Å²) in [6.45, 7) is 3.04. The Morgan fingerprint density at radius 3 is 2.86 bits per heavy atom. The molecule has 0 aliphatic carbocycles. The SMILES string of the molecule is CCCCCCNC(=O)c1sc2cccc(F)c2c1COC. The molecule has 0 atom stereocenters. The van der Waals surface area contributed by atoms with E-state index in [1.165, 1.54) is 30.2 Å². The van der Waals surface area contributed by atoms with Gasteiger partial charge in [0.1, 0.15) is 5.82 Å². The number of fused-ring (bicyclic) bond motifs is 1. The normalized spacial score (nSPS) is 11.0. The van der Waals surface area contributed by atoms with E-state index in [-0.39, 0.29) is 18.3 Å². The molecule has 0 radical (unpaired) electrons. The number of nitrogens with one attached hydrogen (secondary N) is 1. The van der Waals surface area contributed by atoms with Gasteiger partial charge in [-0.2, -0.15) is 0 Å². The van der Waals surface area contributed by atoms with Crippen LogP contribution in [-0.4, -0.2) is 19.6 Å². The van der Waals surface area contributed by atoms with Gasteiger partial charge in [-0.15, -0.1) is 11.3 Å². The van der Waals surface area contributed by atoms with Gasteiger partial charge in [-0.3, -0.25) is 4.79 Å². The number of carbonyl (C=O) groups is 1. The lowest BCUT2D eigenvalue weighted by Crippen LogP contribution is -2.24. The number of rotatable bonds is 8. The van der Waals surface area contributed by atoms with Crippen LogP contribution in [0, 0.1) is 5.82 Å². The minimum Gasteiger partial charge on any atom is -0.380 e. The highest BCUT2D eigenvalue weighted by Gasteiger charge is 2.20. The number of hydrogen-bond donors (Lipinski definition) is 1. The molecule has 1 heterocycles. The van der Waals surface area contributed by atoms with Crippen LogP contribution in [0.5, 0.6) is 0 Å². The van der Waals surface area contributed by atoms with E-state index in [1.54, 1.807) is 13.2 Å². The molecule has 0 fully saturated rings. The molecular formula is C17H22FNO2S. The van der Waals surface area contributed by atoms with Crippen molar-refractivity contribution in [2.75, 3.05) is 13.7 Å². The monoisotopic (exact) mass is 323 g/mol. The first-order valence-electron chi connectivity index (χ1n) is 7.66. The summed E-state index contributed by atoms with van der Waals surface area (Å²) < 4.78 is 20.0. The second-order valence-corrected chi connectivity index (χ2v) is 6.32. The standard InChI is InChI=1S/C17H22FNO2S/c1-3-4-5-6-10-19-17(20)16-12(11-21-2)15-13(18)8-7-9-14(15)22-16/h7-9H,3-6,10-11H2,1-2H3,(H,19,20). The Hall–Kier alpha value is -1.46. The molecule has 120 valence electrons. The third-order valence-electron chi connectivity index (χ3n) is 3.57. The minimum atomic E-state index is -0.303. The molecule has 1 N–H and O–H groups in total. The summed E-state index contributed by atoms with van der Waals surface area (Å²) in [5.41, 5.74) is 0.645. The molecule has 1 aromatic carbocycles. The van der Waals surface area contributed by atoms with Crippen molar-refractivity contribution < 1.29 is 13.9 Å². The van der Waals surface area contributed by atoms with Gasteiger partial charge in [0, 0.05) is 29.3 Å². The molecule has 0 bridgehead atoms. The second kappa shape index (κ2) is 8.25. The van der Waals surface area contributed by atoms with E-state index < -0.39 is 0 Å². The largest absolute Gasteiger partial charge is 0.380 e.